The molecule has 0 bridgehead atoms. The summed E-state index contributed by atoms with van der Waals surface area (Å²) in [4.78, 5) is 23.5. The second-order valence-corrected chi connectivity index (χ2v) is 4.15. The van der Waals surface area contributed by atoms with Crippen molar-refractivity contribution in [2.24, 2.45) is 5.92 Å². The maximum atomic E-state index is 11.6. The van der Waals surface area contributed by atoms with Crippen LogP contribution < -0.4 is 5.32 Å². The third kappa shape index (κ3) is 4.20. The molecule has 98 valence electrons. The third-order valence-electron chi connectivity index (χ3n) is 2.84. The van der Waals surface area contributed by atoms with Crippen LogP contribution in [0.3, 0.4) is 0 Å². The summed E-state index contributed by atoms with van der Waals surface area (Å²) in [6, 6.07) is -0.370. The molecule has 0 aromatic rings. The van der Waals surface area contributed by atoms with Crippen LogP contribution in [0.15, 0.2) is 0 Å². The molecule has 1 aliphatic heterocycles. The fraction of sp³-hybridized carbons (Fsp3) is 0.800. The second-order valence-electron chi connectivity index (χ2n) is 4.15. The zero-order valence-corrected chi connectivity index (χ0v) is 9.50. The summed E-state index contributed by atoms with van der Waals surface area (Å²) in [6.07, 6.45) is -0.0634. The van der Waals surface area contributed by atoms with E-state index in [0.717, 1.165) is 6.42 Å². The van der Waals surface area contributed by atoms with Gasteiger partial charge in [0.15, 0.2) is 6.10 Å². The Morgan fingerprint density at radius 2 is 2.18 bits per heavy atom. The van der Waals surface area contributed by atoms with Crippen molar-refractivity contribution in [2.75, 3.05) is 26.2 Å². The number of hydrogen-bond donors (Lipinski definition) is 4. The molecule has 0 spiro atoms. The topological polar surface area (TPSA) is 110 Å². The minimum Gasteiger partial charge on any atom is -0.479 e. The monoisotopic (exact) mass is 246 g/mol. The van der Waals surface area contributed by atoms with Crippen LogP contribution >= 0.6 is 0 Å². The Balaban J connectivity index is 2.27. The lowest BCUT2D eigenvalue weighted by atomic mass is 10.1. The summed E-state index contributed by atoms with van der Waals surface area (Å²) >= 11 is 0. The molecule has 1 aliphatic rings. The number of aliphatic carboxylic acids is 1. The summed E-state index contributed by atoms with van der Waals surface area (Å²) in [5, 5.41) is 28.6. The number of nitrogens with one attached hydrogen (secondary N) is 1. The highest BCUT2D eigenvalue weighted by molar-refractivity contribution is 5.77. The number of aliphatic hydroxyl groups is 2. The van der Waals surface area contributed by atoms with Gasteiger partial charge in [0.1, 0.15) is 0 Å². The normalized spacial score (nSPS) is 21.3. The van der Waals surface area contributed by atoms with E-state index >= 15 is 0 Å². The van der Waals surface area contributed by atoms with E-state index in [2.05, 4.69) is 5.32 Å². The smallest absolute Gasteiger partial charge is 0.334 e. The van der Waals surface area contributed by atoms with Crippen molar-refractivity contribution in [3.63, 3.8) is 0 Å². The van der Waals surface area contributed by atoms with Crippen LogP contribution in [0.1, 0.15) is 12.8 Å². The number of carboxylic acid groups (broad SMARTS) is 1. The molecule has 0 aromatic carbocycles. The van der Waals surface area contributed by atoms with Gasteiger partial charge in [-0.25, -0.2) is 9.59 Å². The molecular weight excluding hydrogens is 228 g/mol. The molecule has 0 aliphatic carbocycles. The van der Waals surface area contributed by atoms with Gasteiger partial charge < -0.3 is 25.5 Å². The molecule has 1 saturated heterocycles. The summed E-state index contributed by atoms with van der Waals surface area (Å²) in [5.41, 5.74) is 0. The average molecular weight is 246 g/mol. The molecule has 1 fully saturated rings. The van der Waals surface area contributed by atoms with Gasteiger partial charge in [-0.15, -0.1) is 0 Å². The molecular formula is C10H18N2O5. The Hall–Kier alpha value is -1.34. The number of amides is 2. The molecule has 0 radical (unpaired) electrons. The molecule has 7 heteroatoms. The molecule has 1 heterocycles. The zero-order valence-electron chi connectivity index (χ0n) is 9.50. The number of aliphatic hydroxyl groups excluding tert-OH is 2. The van der Waals surface area contributed by atoms with Crippen LogP contribution in [0.5, 0.6) is 0 Å². The van der Waals surface area contributed by atoms with Gasteiger partial charge in [0.05, 0.1) is 6.54 Å². The molecule has 0 aromatic heterocycles. The predicted octanol–water partition coefficient (Wildman–Crippen LogP) is -1.15. The van der Waals surface area contributed by atoms with Crippen molar-refractivity contribution < 1.29 is 24.9 Å². The first-order chi connectivity index (χ1) is 8.04. The summed E-state index contributed by atoms with van der Waals surface area (Å²) in [7, 11) is 0. The third-order valence-corrected chi connectivity index (χ3v) is 2.84. The number of carboxylic acids is 1. The van der Waals surface area contributed by atoms with Gasteiger partial charge in [-0.1, -0.05) is 0 Å². The highest BCUT2D eigenvalue weighted by Gasteiger charge is 2.26. The number of hydrogen-bond acceptors (Lipinski definition) is 4. The number of nitrogens with zero attached hydrogens (tertiary/aromatic N) is 1. The van der Waals surface area contributed by atoms with Gasteiger partial charge >= 0.3 is 12.0 Å². The van der Waals surface area contributed by atoms with Gasteiger partial charge in [-0.3, -0.25) is 0 Å². The lowest BCUT2D eigenvalue weighted by Crippen LogP contribution is -2.43. The minimum absolute atomic E-state index is 0.109. The van der Waals surface area contributed by atoms with Gasteiger partial charge in [-0.05, 0) is 18.8 Å². The van der Waals surface area contributed by atoms with Crippen molar-refractivity contribution >= 4 is 12.0 Å². The van der Waals surface area contributed by atoms with E-state index in [1.165, 1.54) is 0 Å². The highest BCUT2D eigenvalue weighted by Crippen LogP contribution is 2.18. The fourth-order valence-electron chi connectivity index (χ4n) is 1.82. The first-order valence-corrected chi connectivity index (χ1v) is 5.59. The predicted molar refractivity (Wildman–Crippen MR) is 58.4 cm³/mol. The Labute approximate surface area is 99.0 Å². The van der Waals surface area contributed by atoms with E-state index < -0.39 is 12.1 Å². The fourth-order valence-corrected chi connectivity index (χ4v) is 1.82. The van der Waals surface area contributed by atoms with Crippen molar-refractivity contribution in [3.8, 4) is 0 Å². The van der Waals surface area contributed by atoms with Crippen LogP contribution in [-0.2, 0) is 4.79 Å². The van der Waals surface area contributed by atoms with E-state index in [9.17, 15) is 9.59 Å². The van der Waals surface area contributed by atoms with Gasteiger partial charge in [0.25, 0.3) is 0 Å². The van der Waals surface area contributed by atoms with Crippen molar-refractivity contribution in [1.82, 2.24) is 10.2 Å². The maximum absolute atomic E-state index is 11.6. The number of rotatable bonds is 5. The quantitative estimate of drug-likeness (QED) is 0.489. The summed E-state index contributed by atoms with van der Waals surface area (Å²) < 4.78 is 0. The van der Waals surface area contributed by atoms with Crippen molar-refractivity contribution in [2.45, 2.75) is 18.9 Å². The number of urea groups is 1. The first-order valence-electron chi connectivity index (χ1n) is 5.59. The average Bonchev–Trinajstić information content (AvgIpc) is 2.74. The lowest BCUT2D eigenvalue weighted by Gasteiger charge is -2.17. The first kappa shape index (κ1) is 13.7. The summed E-state index contributed by atoms with van der Waals surface area (Å²) in [6.45, 7) is 0.975. The molecule has 0 saturated carbocycles. The largest absolute Gasteiger partial charge is 0.479 e. The van der Waals surface area contributed by atoms with Gasteiger partial charge in [0, 0.05) is 19.7 Å². The molecule has 2 atom stereocenters. The highest BCUT2D eigenvalue weighted by atomic mass is 16.4. The van der Waals surface area contributed by atoms with Gasteiger partial charge in [-0.2, -0.15) is 0 Å². The van der Waals surface area contributed by atoms with Crippen LogP contribution in [0.2, 0.25) is 0 Å². The lowest BCUT2D eigenvalue weighted by molar-refractivity contribution is -0.146. The van der Waals surface area contributed by atoms with Crippen LogP contribution in [0, 0.1) is 5.92 Å². The summed E-state index contributed by atoms with van der Waals surface area (Å²) in [5.74, 6) is -1.06. The Morgan fingerprint density at radius 1 is 1.47 bits per heavy atom. The molecule has 17 heavy (non-hydrogen) atoms. The van der Waals surface area contributed by atoms with E-state index in [4.69, 9.17) is 15.3 Å². The maximum Gasteiger partial charge on any atom is 0.334 e. The molecule has 4 N–H and O–H groups in total. The Morgan fingerprint density at radius 3 is 2.76 bits per heavy atom. The minimum atomic E-state index is -1.57. The second kappa shape index (κ2) is 6.41. The van der Waals surface area contributed by atoms with E-state index in [1.54, 1.807) is 4.90 Å². The van der Waals surface area contributed by atoms with Crippen LogP contribution in [0.4, 0.5) is 4.79 Å². The number of carbonyl (C=O) groups is 2. The molecule has 1 rings (SSSR count). The Bertz CT molecular complexity index is 284. The number of carbonyl (C=O) groups excluding carboxylic acids is 1. The van der Waals surface area contributed by atoms with Crippen molar-refractivity contribution in [3.05, 3.63) is 0 Å². The van der Waals surface area contributed by atoms with Crippen molar-refractivity contribution in [1.29, 1.82) is 0 Å². The van der Waals surface area contributed by atoms with E-state index in [0.29, 0.717) is 25.4 Å². The zero-order chi connectivity index (χ0) is 12.8. The van der Waals surface area contributed by atoms with E-state index in [1.807, 2.05) is 0 Å². The Kier molecular flexibility index (Phi) is 5.17. The van der Waals surface area contributed by atoms with Crippen LogP contribution in [-0.4, -0.2) is 64.6 Å². The molecule has 7 nitrogen and oxygen atoms in total. The van der Waals surface area contributed by atoms with Crippen LogP contribution in [0.25, 0.3) is 0 Å². The standard InChI is InChI=1S/C10H18N2O5/c13-4-2-7-1-3-12(6-7)10(17)11-5-8(14)9(15)16/h7-8,13-14H,1-6H2,(H,11,17)(H,15,16). The molecule has 2 unspecified atom stereocenters. The van der Waals surface area contributed by atoms with E-state index in [-0.39, 0.29) is 19.2 Å². The SMILES string of the molecule is O=C(O)C(O)CNC(=O)N1CCC(CCO)C1. The van der Waals surface area contributed by atoms with Gasteiger partial charge in [0.2, 0.25) is 0 Å². The number of likely N-dealkylation sites (tertiary alicyclic amines) is 1. The molecule has 2 amide bonds.